The van der Waals surface area contributed by atoms with Crippen molar-refractivity contribution in [1.29, 1.82) is 0 Å². The Bertz CT molecular complexity index is 425. The molecule has 0 aromatic heterocycles. The van der Waals surface area contributed by atoms with Crippen molar-refractivity contribution >= 4 is 5.91 Å². The number of amides is 1. The van der Waals surface area contributed by atoms with Crippen LogP contribution in [-0.2, 0) is 11.3 Å². The molecule has 110 valence electrons. The predicted molar refractivity (Wildman–Crippen MR) is 79.6 cm³/mol. The Hall–Kier alpha value is -1.55. The van der Waals surface area contributed by atoms with Crippen molar-refractivity contribution in [1.82, 2.24) is 10.6 Å². The predicted octanol–water partition coefficient (Wildman–Crippen LogP) is 2.09. The first-order chi connectivity index (χ1) is 9.63. The molecule has 0 saturated heterocycles. The molecule has 0 atom stereocenters. The number of rotatable bonds is 8. The van der Waals surface area contributed by atoms with Crippen LogP contribution >= 0.6 is 0 Å². The van der Waals surface area contributed by atoms with E-state index in [1.54, 1.807) is 0 Å². The fraction of sp³-hybridized carbons (Fsp3) is 0.562. The summed E-state index contributed by atoms with van der Waals surface area (Å²) in [5, 5.41) is 6.29. The molecule has 1 amide bonds. The summed E-state index contributed by atoms with van der Waals surface area (Å²) in [5.74, 6) is 1.12. The van der Waals surface area contributed by atoms with Gasteiger partial charge in [0, 0.05) is 19.1 Å². The van der Waals surface area contributed by atoms with E-state index in [1.165, 1.54) is 18.4 Å². The molecule has 4 nitrogen and oxygen atoms in total. The Morgan fingerprint density at radius 3 is 2.60 bits per heavy atom. The standard InChI is InChI=1S/C16H24N2O2/c1-12(2)9-18-16(19)11-20-15-7-3-13(4-8-15)10-17-14-5-6-14/h3-4,7-8,12,14,17H,5-6,9-11H2,1-2H3,(H,18,19). The number of ether oxygens (including phenoxy) is 1. The Kier molecular flexibility index (Phi) is 5.41. The molecule has 1 aromatic carbocycles. The lowest BCUT2D eigenvalue weighted by Gasteiger charge is -2.09. The van der Waals surface area contributed by atoms with Crippen LogP contribution in [0.1, 0.15) is 32.3 Å². The van der Waals surface area contributed by atoms with Gasteiger partial charge in [-0.3, -0.25) is 4.79 Å². The summed E-state index contributed by atoms with van der Waals surface area (Å²) < 4.78 is 5.46. The Balaban J connectivity index is 1.68. The summed E-state index contributed by atoms with van der Waals surface area (Å²) in [6.45, 7) is 5.80. The highest BCUT2D eigenvalue weighted by atomic mass is 16.5. The minimum absolute atomic E-state index is 0.0711. The molecule has 0 spiro atoms. The minimum atomic E-state index is -0.0711. The molecule has 0 aliphatic heterocycles. The zero-order chi connectivity index (χ0) is 14.4. The van der Waals surface area contributed by atoms with Gasteiger partial charge in [-0.2, -0.15) is 0 Å². The lowest BCUT2D eigenvalue weighted by molar-refractivity contribution is -0.123. The van der Waals surface area contributed by atoms with E-state index in [1.807, 2.05) is 24.3 Å². The van der Waals surface area contributed by atoms with Gasteiger partial charge in [-0.25, -0.2) is 0 Å². The van der Waals surface area contributed by atoms with E-state index in [0.29, 0.717) is 12.5 Å². The van der Waals surface area contributed by atoms with Crippen LogP contribution in [-0.4, -0.2) is 25.1 Å². The number of carbonyl (C=O) groups excluding carboxylic acids is 1. The van der Waals surface area contributed by atoms with Crippen molar-refractivity contribution in [2.45, 2.75) is 39.3 Å². The van der Waals surface area contributed by atoms with Gasteiger partial charge in [0.05, 0.1) is 0 Å². The molecule has 0 radical (unpaired) electrons. The normalized spacial score (nSPS) is 14.3. The SMILES string of the molecule is CC(C)CNC(=O)COc1ccc(CNC2CC2)cc1. The quantitative estimate of drug-likeness (QED) is 0.764. The second-order valence-electron chi connectivity index (χ2n) is 5.79. The maximum atomic E-state index is 11.5. The van der Waals surface area contributed by atoms with Crippen LogP contribution in [0.2, 0.25) is 0 Å². The molecule has 20 heavy (non-hydrogen) atoms. The van der Waals surface area contributed by atoms with Crippen LogP contribution in [0.15, 0.2) is 24.3 Å². The third kappa shape index (κ3) is 5.61. The molecular formula is C16H24N2O2. The number of hydrogen-bond acceptors (Lipinski definition) is 3. The largest absolute Gasteiger partial charge is 0.484 e. The second-order valence-corrected chi connectivity index (χ2v) is 5.79. The first-order valence-electron chi connectivity index (χ1n) is 7.35. The van der Waals surface area contributed by atoms with Gasteiger partial charge in [0.15, 0.2) is 6.61 Å². The van der Waals surface area contributed by atoms with Crippen LogP contribution in [0.25, 0.3) is 0 Å². The summed E-state index contributed by atoms with van der Waals surface area (Å²) in [7, 11) is 0. The molecule has 0 unspecified atom stereocenters. The third-order valence-corrected chi connectivity index (χ3v) is 3.17. The molecular weight excluding hydrogens is 252 g/mol. The van der Waals surface area contributed by atoms with E-state index in [9.17, 15) is 4.79 Å². The summed E-state index contributed by atoms with van der Waals surface area (Å²) >= 11 is 0. The van der Waals surface area contributed by atoms with Crippen molar-refractivity contribution in [2.24, 2.45) is 5.92 Å². The fourth-order valence-corrected chi connectivity index (χ4v) is 1.77. The van der Waals surface area contributed by atoms with Crippen molar-refractivity contribution < 1.29 is 9.53 Å². The van der Waals surface area contributed by atoms with Crippen LogP contribution < -0.4 is 15.4 Å². The Morgan fingerprint density at radius 2 is 2.00 bits per heavy atom. The van der Waals surface area contributed by atoms with E-state index in [4.69, 9.17) is 4.74 Å². The highest BCUT2D eigenvalue weighted by molar-refractivity contribution is 5.77. The van der Waals surface area contributed by atoms with E-state index in [0.717, 1.165) is 18.3 Å². The van der Waals surface area contributed by atoms with Crippen molar-refractivity contribution in [2.75, 3.05) is 13.2 Å². The van der Waals surface area contributed by atoms with Crippen LogP contribution in [0.5, 0.6) is 5.75 Å². The average molecular weight is 276 g/mol. The molecule has 1 aromatic rings. The lowest BCUT2D eigenvalue weighted by atomic mass is 10.2. The number of benzene rings is 1. The topological polar surface area (TPSA) is 50.4 Å². The summed E-state index contributed by atoms with van der Waals surface area (Å²) in [6, 6.07) is 8.63. The maximum absolute atomic E-state index is 11.5. The first kappa shape index (κ1) is 14.9. The minimum Gasteiger partial charge on any atom is -0.484 e. The van der Waals surface area contributed by atoms with Crippen LogP contribution in [0, 0.1) is 5.92 Å². The van der Waals surface area contributed by atoms with Crippen LogP contribution in [0.4, 0.5) is 0 Å². The van der Waals surface area contributed by atoms with Gasteiger partial charge < -0.3 is 15.4 Å². The zero-order valence-electron chi connectivity index (χ0n) is 12.3. The maximum Gasteiger partial charge on any atom is 0.257 e. The molecule has 0 heterocycles. The summed E-state index contributed by atoms with van der Waals surface area (Å²) in [5.41, 5.74) is 1.24. The molecule has 2 N–H and O–H groups in total. The zero-order valence-corrected chi connectivity index (χ0v) is 12.3. The first-order valence-corrected chi connectivity index (χ1v) is 7.35. The number of hydrogen-bond donors (Lipinski definition) is 2. The van der Waals surface area contributed by atoms with E-state index in [-0.39, 0.29) is 12.5 Å². The van der Waals surface area contributed by atoms with Gasteiger partial charge in [0.2, 0.25) is 0 Å². The monoisotopic (exact) mass is 276 g/mol. The van der Waals surface area contributed by atoms with Crippen LogP contribution in [0.3, 0.4) is 0 Å². The van der Waals surface area contributed by atoms with E-state index >= 15 is 0 Å². The van der Waals surface area contributed by atoms with Gasteiger partial charge in [0.1, 0.15) is 5.75 Å². The lowest BCUT2D eigenvalue weighted by Crippen LogP contribution is -2.31. The third-order valence-electron chi connectivity index (χ3n) is 3.17. The van der Waals surface area contributed by atoms with Gasteiger partial charge in [-0.15, -0.1) is 0 Å². The average Bonchev–Trinajstić information content (AvgIpc) is 3.26. The molecule has 2 rings (SSSR count). The van der Waals surface area contributed by atoms with Gasteiger partial charge in [-0.05, 0) is 36.5 Å². The molecule has 1 aliphatic rings. The fourth-order valence-electron chi connectivity index (χ4n) is 1.77. The Labute approximate surface area is 120 Å². The number of carbonyl (C=O) groups is 1. The van der Waals surface area contributed by atoms with E-state index < -0.39 is 0 Å². The van der Waals surface area contributed by atoms with Gasteiger partial charge >= 0.3 is 0 Å². The molecule has 1 fully saturated rings. The summed E-state index contributed by atoms with van der Waals surface area (Å²) in [4.78, 5) is 11.5. The van der Waals surface area contributed by atoms with Gasteiger partial charge in [-0.1, -0.05) is 26.0 Å². The second kappa shape index (κ2) is 7.29. The highest BCUT2D eigenvalue weighted by Gasteiger charge is 2.19. The smallest absolute Gasteiger partial charge is 0.257 e. The summed E-state index contributed by atoms with van der Waals surface area (Å²) in [6.07, 6.45) is 2.60. The molecule has 1 saturated carbocycles. The number of nitrogens with one attached hydrogen (secondary N) is 2. The Morgan fingerprint density at radius 1 is 1.30 bits per heavy atom. The van der Waals surface area contributed by atoms with Gasteiger partial charge in [0.25, 0.3) is 5.91 Å². The van der Waals surface area contributed by atoms with Crippen molar-refractivity contribution in [3.05, 3.63) is 29.8 Å². The van der Waals surface area contributed by atoms with Crippen molar-refractivity contribution in [3.8, 4) is 5.75 Å². The molecule has 1 aliphatic carbocycles. The van der Waals surface area contributed by atoms with Crippen molar-refractivity contribution in [3.63, 3.8) is 0 Å². The molecule has 0 bridgehead atoms. The molecule has 4 heteroatoms. The highest BCUT2D eigenvalue weighted by Crippen LogP contribution is 2.19. The van der Waals surface area contributed by atoms with E-state index in [2.05, 4.69) is 24.5 Å².